The second-order valence-corrected chi connectivity index (χ2v) is 2.95. The van der Waals surface area contributed by atoms with Gasteiger partial charge in [-0.1, -0.05) is 0 Å². The smallest absolute Gasteiger partial charge is 0.340 e. The summed E-state index contributed by atoms with van der Waals surface area (Å²) < 4.78 is 29.8. The zero-order valence-electron chi connectivity index (χ0n) is 8.54. The van der Waals surface area contributed by atoms with E-state index in [1.807, 2.05) is 0 Å². The number of esters is 1. The predicted octanol–water partition coefficient (Wildman–Crippen LogP) is 0.847. The van der Waals surface area contributed by atoms with Crippen molar-refractivity contribution in [2.45, 2.75) is 13.0 Å². The van der Waals surface area contributed by atoms with Crippen molar-refractivity contribution in [1.29, 1.82) is 0 Å². The van der Waals surface area contributed by atoms with E-state index in [1.165, 1.54) is 0 Å². The maximum atomic E-state index is 12.7. The molecule has 1 rings (SSSR count). The molecule has 0 aromatic carbocycles. The van der Waals surface area contributed by atoms with E-state index in [-0.39, 0.29) is 23.6 Å². The summed E-state index contributed by atoms with van der Waals surface area (Å²) in [5.74, 6) is -1.01. The molecule has 5 nitrogen and oxygen atoms in total. The van der Waals surface area contributed by atoms with Gasteiger partial charge in [-0.2, -0.15) is 0 Å². The van der Waals surface area contributed by atoms with Gasteiger partial charge in [0.25, 0.3) is 6.43 Å². The van der Waals surface area contributed by atoms with Gasteiger partial charge in [0.15, 0.2) is 0 Å². The molecule has 4 N–H and O–H groups in total. The number of carbonyl (C=O) groups excluding carboxylic acids is 1. The van der Waals surface area contributed by atoms with Crippen molar-refractivity contribution in [2.24, 2.45) is 5.73 Å². The quantitative estimate of drug-likeness (QED) is 0.752. The summed E-state index contributed by atoms with van der Waals surface area (Å²) in [5, 5.41) is 0. The molecule has 0 fully saturated rings. The third-order valence-electron chi connectivity index (χ3n) is 1.96. The van der Waals surface area contributed by atoms with Crippen molar-refractivity contribution in [3.63, 3.8) is 0 Å². The minimum Gasteiger partial charge on any atom is -0.465 e. The summed E-state index contributed by atoms with van der Waals surface area (Å²) >= 11 is 0. The Morgan fingerprint density at radius 2 is 2.25 bits per heavy atom. The minimum absolute atomic E-state index is 0.00199. The largest absolute Gasteiger partial charge is 0.465 e. The molecule has 0 spiro atoms. The monoisotopic (exact) mass is 231 g/mol. The molecule has 0 unspecified atom stereocenters. The highest BCUT2D eigenvalue weighted by Gasteiger charge is 2.23. The van der Waals surface area contributed by atoms with E-state index >= 15 is 0 Å². The zero-order valence-corrected chi connectivity index (χ0v) is 8.54. The third kappa shape index (κ3) is 2.25. The Hall–Kier alpha value is -1.76. The first-order chi connectivity index (χ1) is 7.51. The van der Waals surface area contributed by atoms with Gasteiger partial charge in [0.05, 0.1) is 18.4 Å². The number of alkyl halides is 2. The minimum atomic E-state index is -2.84. The Bertz CT molecular complexity index is 410. The lowest BCUT2D eigenvalue weighted by molar-refractivity contribution is 0.0587. The average molecular weight is 231 g/mol. The van der Waals surface area contributed by atoms with Crippen LogP contribution in [0.2, 0.25) is 0 Å². The number of methoxy groups -OCH3 is 1. The Labute approximate surface area is 90.4 Å². The summed E-state index contributed by atoms with van der Waals surface area (Å²) in [6.07, 6.45) is -2.84. The number of rotatable bonds is 3. The number of carbonyl (C=O) groups is 1. The molecule has 0 radical (unpaired) electrons. The number of nitrogen functional groups attached to an aromatic ring is 1. The highest BCUT2D eigenvalue weighted by atomic mass is 19.3. The molecule has 0 aliphatic rings. The molecule has 1 heterocycles. The van der Waals surface area contributed by atoms with Gasteiger partial charge in [0.1, 0.15) is 5.82 Å². The molecule has 7 heteroatoms. The van der Waals surface area contributed by atoms with Crippen LogP contribution in [0.15, 0.2) is 6.07 Å². The number of halogens is 2. The van der Waals surface area contributed by atoms with Crippen molar-refractivity contribution < 1.29 is 18.3 Å². The van der Waals surface area contributed by atoms with Crippen molar-refractivity contribution in [1.82, 2.24) is 4.98 Å². The second kappa shape index (κ2) is 4.84. The Balaban J connectivity index is 3.45. The summed E-state index contributed by atoms with van der Waals surface area (Å²) in [4.78, 5) is 15.1. The van der Waals surface area contributed by atoms with Crippen LogP contribution in [0.4, 0.5) is 14.6 Å². The molecule has 16 heavy (non-hydrogen) atoms. The van der Waals surface area contributed by atoms with Gasteiger partial charge in [-0.25, -0.2) is 18.6 Å². The maximum absolute atomic E-state index is 12.7. The number of nitrogens with two attached hydrogens (primary N) is 2. The van der Waals surface area contributed by atoms with Gasteiger partial charge < -0.3 is 16.2 Å². The average Bonchev–Trinajstić information content (AvgIpc) is 2.26. The van der Waals surface area contributed by atoms with Crippen LogP contribution in [0.1, 0.15) is 28.0 Å². The normalized spacial score (nSPS) is 10.6. The van der Waals surface area contributed by atoms with Crippen molar-refractivity contribution >= 4 is 11.8 Å². The van der Waals surface area contributed by atoms with E-state index in [1.54, 1.807) is 0 Å². The fraction of sp³-hybridized carbons (Fsp3) is 0.333. The lowest BCUT2D eigenvalue weighted by Crippen LogP contribution is -2.16. The molecule has 0 aliphatic heterocycles. The first-order valence-electron chi connectivity index (χ1n) is 4.37. The van der Waals surface area contributed by atoms with Crippen molar-refractivity contribution in [3.8, 4) is 0 Å². The van der Waals surface area contributed by atoms with Crippen LogP contribution in [-0.2, 0) is 11.3 Å². The summed E-state index contributed by atoms with van der Waals surface area (Å²) in [6.45, 7) is -0.171. The fourth-order valence-corrected chi connectivity index (χ4v) is 1.30. The van der Waals surface area contributed by atoms with E-state index in [2.05, 4.69) is 9.72 Å². The molecule has 1 aromatic rings. The van der Waals surface area contributed by atoms with Gasteiger partial charge in [-0.05, 0) is 6.07 Å². The number of nitrogens with zero attached hydrogens (tertiary/aromatic N) is 1. The summed E-state index contributed by atoms with van der Waals surface area (Å²) in [5.41, 5.74) is 9.82. The zero-order chi connectivity index (χ0) is 12.3. The van der Waals surface area contributed by atoms with Crippen LogP contribution in [0, 0.1) is 0 Å². The van der Waals surface area contributed by atoms with Gasteiger partial charge in [-0.15, -0.1) is 0 Å². The first kappa shape index (κ1) is 12.3. The SMILES string of the molecule is COC(=O)c1c(C(F)F)cc(N)nc1CN. The molecular formula is C9H11F2N3O2. The topological polar surface area (TPSA) is 91.2 Å². The molecule has 0 atom stereocenters. The number of aromatic nitrogens is 1. The van der Waals surface area contributed by atoms with E-state index in [0.717, 1.165) is 13.2 Å². The number of hydrogen-bond donors (Lipinski definition) is 2. The number of anilines is 1. The van der Waals surface area contributed by atoms with Crippen molar-refractivity contribution in [3.05, 3.63) is 22.9 Å². The molecule has 0 bridgehead atoms. The van der Waals surface area contributed by atoms with Gasteiger partial charge >= 0.3 is 5.97 Å². The van der Waals surface area contributed by atoms with Crippen LogP contribution in [0.3, 0.4) is 0 Å². The Morgan fingerprint density at radius 3 is 2.69 bits per heavy atom. The fourth-order valence-electron chi connectivity index (χ4n) is 1.30. The second-order valence-electron chi connectivity index (χ2n) is 2.95. The highest BCUT2D eigenvalue weighted by Crippen LogP contribution is 2.26. The van der Waals surface area contributed by atoms with Crippen molar-refractivity contribution in [2.75, 3.05) is 12.8 Å². The summed E-state index contributed by atoms with van der Waals surface area (Å²) in [6, 6.07) is 0.941. The number of pyridine rings is 1. The molecule has 0 saturated carbocycles. The van der Waals surface area contributed by atoms with E-state index in [4.69, 9.17) is 11.5 Å². The molecule has 0 amide bonds. The van der Waals surface area contributed by atoms with Crippen LogP contribution >= 0.6 is 0 Å². The molecule has 1 aromatic heterocycles. The summed E-state index contributed by atoms with van der Waals surface area (Å²) in [7, 11) is 1.09. The Morgan fingerprint density at radius 1 is 1.62 bits per heavy atom. The lowest BCUT2D eigenvalue weighted by Gasteiger charge is -2.11. The maximum Gasteiger partial charge on any atom is 0.340 e. The number of hydrogen-bond acceptors (Lipinski definition) is 5. The predicted molar refractivity (Wildman–Crippen MR) is 52.8 cm³/mol. The van der Waals surface area contributed by atoms with E-state index in [9.17, 15) is 13.6 Å². The third-order valence-corrected chi connectivity index (χ3v) is 1.96. The number of ether oxygens (including phenoxy) is 1. The van der Waals surface area contributed by atoms with E-state index < -0.39 is 18.0 Å². The van der Waals surface area contributed by atoms with E-state index in [0.29, 0.717) is 0 Å². The van der Waals surface area contributed by atoms with Gasteiger partial charge in [-0.3, -0.25) is 0 Å². The van der Waals surface area contributed by atoms with Gasteiger partial charge in [0, 0.05) is 12.1 Å². The van der Waals surface area contributed by atoms with Crippen LogP contribution in [-0.4, -0.2) is 18.1 Å². The molecular weight excluding hydrogens is 220 g/mol. The van der Waals surface area contributed by atoms with Gasteiger partial charge in [0.2, 0.25) is 0 Å². The molecule has 0 saturated heterocycles. The standard InChI is InChI=1S/C9H11F2N3O2/c1-16-9(15)7-4(8(10)11)2-6(13)14-5(7)3-12/h2,8H,3,12H2,1H3,(H2,13,14). The van der Waals surface area contributed by atoms with Crippen LogP contribution < -0.4 is 11.5 Å². The molecule has 88 valence electrons. The first-order valence-corrected chi connectivity index (χ1v) is 4.37. The Kier molecular flexibility index (Phi) is 3.73. The molecule has 0 aliphatic carbocycles. The van der Waals surface area contributed by atoms with Crippen LogP contribution in [0.5, 0.6) is 0 Å². The highest BCUT2D eigenvalue weighted by molar-refractivity contribution is 5.92. The lowest BCUT2D eigenvalue weighted by atomic mass is 10.1. The van der Waals surface area contributed by atoms with Crippen LogP contribution in [0.25, 0.3) is 0 Å².